The van der Waals surface area contributed by atoms with Crippen LogP contribution in [0.5, 0.6) is 0 Å². The van der Waals surface area contributed by atoms with E-state index in [0.29, 0.717) is 0 Å². The average molecular weight is 309 g/mol. The van der Waals surface area contributed by atoms with Gasteiger partial charge in [-0.2, -0.15) is 0 Å². The maximum atomic E-state index is 2.47. The fourth-order valence-electron chi connectivity index (χ4n) is 3.22. The summed E-state index contributed by atoms with van der Waals surface area (Å²) in [5, 5.41) is 0. The Labute approximate surface area is 142 Å². The molecule has 0 saturated carbocycles. The third-order valence-corrected chi connectivity index (χ3v) is 4.85. The Kier molecular flexibility index (Phi) is 18.6. The molecule has 1 atom stereocenters. The summed E-state index contributed by atoms with van der Waals surface area (Å²) in [4.78, 5) is 0. The lowest BCUT2D eigenvalue weighted by Crippen LogP contribution is -1.95. The second kappa shape index (κ2) is 18.8. The average Bonchev–Trinajstić information content (AvgIpc) is 2.52. The first-order chi connectivity index (χ1) is 10.8. The van der Waals surface area contributed by atoms with E-state index in [1.54, 1.807) is 0 Å². The Bertz CT molecular complexity index is 216. The van der Waals surface area contributed by atoms with E-state index in [1.807, 2.05) is 0 Å². The van der Waals surface area contributed by atoms with Gasteiger partial charge in [0.15, 0.2) is 0 Å². The maximum Gasteiger partial charge on any atom is -0.0351 e. The van der Waals surface area contributed by atoms with E-state index in [1.165, 1.54) is 103 Å². The zero-order valence-electron chi connectivity index (χ0n) is 16.0. The van der Waals surface area contributed by atoms with Crippen LogP contribution in [0.2, 0.25) is 0 Å². The van der Waals surface area contributed by atoms with Crippen molar-refractivity contribution in [2.45, 2.75) is 124 Å². The molecule has 0 heterocycles. The van der Waals surface area contributed by atoms with Crippen LogP contribution < -0.4 is 0 Å². The van der Waals surface area contributed by atoms with E-state index in [9.17, 15) is 0 Å². The largest absolute Gasteiger partial charge is 0.0917 e. The molecule has 0 N–H and O–H groups in total. The molecular weight excluding hydrogens is 264 g/mol. The van der Waals surface area contributed by atoms with Crippen LogP contribution in [0.4, 0.5) is 0 Å². The molecule has 0 aromatic carbocycles. The Morgan fingerprint density at radius 2 is 1.09 bits per heavy atom. The number of hydrogen-bond donors (Lipinski definition) is 0. The lowest BCUT2D eigenvalue weighted by molar-refractivity contribution is 0.431. The van der Waals surface area contributed by atoms with Crippen molar-refractivity contribution in [1.82, 2.24) is 0 Å². The van der Waals surface area contributed by atoms with Crippen molar-refractivity contribution >= 4 is 0 Å². The lowest BCUT2D eigenvalue weighted by Gasteiger charge is -2.11. The van der Waals surface area contributed by atoms with Crippen LogP contribution in [0.15, 0.2) is 12.2 Å². The number of hydrogen-bond acceptors (Lipinski definition) is 0. The molecule has 132 valence electrons. The highest BCUT2D eigenvalue weighted by molar-refractivity contribution is 4.76. The summed E-state index contributed by atoms with van der Waals surface area (Å²) in [5.74, 6) is 0.961. The predicted octanol–water partition coefficient (Wildman–Crippen LogP) is 8.46. The maximum absolute atomic E-state index is 2.47. The Morgan fingerprint density at radius 1 is 0.636 bits per heavy atom. The first-order valence-corrected chi connectivity index (χ1v) is 10.4. The summed E-state index contributed by atoms with van der Waals surface area (Å²) in [7, 11) is 0. The van der Waals surface area contributed by atoms with Gasteiger partial charge in [-0.05, 0) is 25.7 Å². The Hall–Kier alpha value is -0.260. The third kappa shape index (κ3) is 17.8. The van der Waals surface area contributed by atoms with Gasteiger partial charge in [0.05, 0.1) is 0 Å². The summed E-state index contributed by atoms with van der Waals surface area (Å²) in [6.07, 6.45) is 27.5. The quantitative estimate of drug-likeness (QED) is 0.187. The van der Waals surface area contributed by atoms with Crippen LogP contribution >= 0.6 is 0 Å². The van der Waals surface area contributed by atoms with Gasteiger partial charge in [-0.25, -0.2) is 0 Å². The lowest BCUT2D eigenvalue weighted by atomic mass is 9.96. The highest BCUT2D eigenvalue weighted by Gasteiger charge is 2.02. The fourth-order valence-corrected chi connectivity index (χ4v) is 3.22. The molecule has 0 spiro atoms. The molecule has 0 bridgehead atoms. The first kappa shape index (κ1) is 21.7. The summed E-state index contributed by atoms with van der Waals surface area (Å²) < 4.78 is 0. The monoisotopic (exact) mass is 308 g/mol. The first-order valence-electron chi connectivity index (χ1n) is 10.4. The SMILES string of the molecule is CC=CCCCCCCCC(C)CCCCCCCCCC. The molecule has 0 aromatic heterocycles. The molecule has 0 rings (SSSR count). The van der Waals surface area contributed by atoms with E-state index < -0.39 is 0 Å². The summed E-state index contributed by atoms with van der Waals surface area (Å²) in [6, 6.07) is 0. The van der Waals surface area contributed by atoms with E-state index in [2.05, 4.69) is 32.9 Å². The molecule has 0 aliphatic heterocycles. The molecule has 0 saturated heterocycles. The highest BCUT2D eigenvalue weighted by atomic mass is 14.1. The number of rotatable bonds is 17. The van der Waals surface area contributed by atoms with Gasteiger partial charge in [0.2, 0.25) is 0 Å². The molecule has 0 aromatic rings. The second-order valence-corrected chi connectivity index (χ2v) is 7.28. The zero-order valence-corrected chi connectivity index (χ0v) is 16.0. The van der Waals surface area contributed by atoms with Crippen molar-refractivity contribution in [3.63, 3.8) is 0 Å². The summed E-state index contributed by atoms with van der Waals surface area (Å²) in [6.45, 7) is 6.88. The van der Waals surface area contributed by atoms with Crippen LogP contribution in [0.3, 0.4) is 0 Å². The standard InChI is InChI=1S/C22H44/c1-4-6-8-10-12-14-16-18-20-22(3)21-19-17-15-13-11-9-7-5-2/h4,6,22H,5,7-21H2,1-3H3. The van der Waals surface area contributed by atoms with Gasteiger partial charge >= 0.3 is 0 Å². The van der Waals surface area contributed by atoms with Gasteiger partial charge in [0, 0.05) is 0 Å². The minimum Gasteiger partial charge on any atom is -0.0917 e. The molecule has 22 heavy (non-hydrogen) atoms. The number of unbranched alkanes of at least 4 members (excludes halogenated alkanes) is 12. The van der Waals surface area contributed by atoms with Gasteiger partial charge in [-0.1, -0.05) is 116 Å². The predicted molar refractivity (Wildman–Crippen MR) is 104 cm³/mol. The number of allylic oxidation sites excluding steroid dienone is 2. The highest BCUT2D eigenvalue weighted by Crippen LogP contribution is 2.18. The third-order valence-electron chi connectivity index (χ3n) is 4.85. The minimum atomic E-state index is 0.961. The molecule has 0 radical (unpaired) electrons. The molecular formula is C22H44. The Balaban J connectivity index is 3.14. The van der Waals surface area contributed by atoms with Crippen molar-refractivity contribution in [2.24, 2.45) is 5.92 Å². The van der Waals surface area contributed by atoms with Gasteiger partial charge in [-0.3, -0.25) is 0 Å². The van der Waals surface area contributed by atoms with Gasteiger partial charge in [0.25, 0.3) is 0 Å². The van der Waals surface area contributed by atoms with Crippen molar-refractivity contribution in [1.29, 1.82) is 0 Å². The van der Waals surface area contributed by atoms with E-state index >= 15 is 0 Å². The van der Waals surface area contributed by atoms with Crippen molar-refractivity contribution in [2.75, 3.05) is 0 Å². The van der Waals surface area contributed by atoms with Crippen LogP contribution in [-0.2, 0) is 0 Å². The Morgan fingerprint density at radius 3 is 1.59 bits per heavy atom. The van der Waals surface area contributed by atoms with Crippen molar-refractivity contribution in [3.05, 3.63) is 12.2 Å². The summed E-state index contributed by atoms with van der Waals surface area (Å²) in [5.41, 5.74) is 0. The minimum absolute atomic E-state index is 0.961. The normalized spacial score (nSPS) is 13.0. The van der Waals surface area contributed by atoms with Crippen LogP contribution in [0.1, 0.15) is 124 Å². The topological polar surface area (TPSA) is 0 Å². The molecule has 0 aliphatic carbocycles. The van der Waals surface area contributed by atoms with Crippen molar-refractivity contribution in [3.8, 4) is 0 Å². The summed E-state index contributed by atoms with van der Waals surface area (Å²) >= 11 is 0. The van der Waals surface area contributed by atoms with Crippen molar-refractivity contribution < 1.29 is 0 Å². The van der Waals surface area contributed by atoms with Gasteiger partial charge < -0.3 is 0 Å². The fraction of sp³-hybridized carbons (Fsp3) is 0.909. The van der Waals surface area contributed by atoms with Crippen LogP contribution in [0, 0.1) is 5.92 Å². The van der Waals surface area contributed by atoms with Crippen LogP contribution in [0.25, 0.3) is 0 Å². The van der Waals surface area contributed by atoms with E-state index in [0.717, 1.165) is 5.92 Å². The second-order valence-electron chi connectivity index (χ2n) is 7.28. The van der Waals surface area contributed by atoms with E-state index in [-0.39, 0.29) is 0 Å². The van der Waals surface area contributed by atoms with Crippen LogP contribution in [-0.4, -0.2) is 0 Å². The zero-order chi connectivity index (χ0) is 16.3. The molecule has 0 nitrogen and oxygen atoms in total. The molecule has 1 unspecified atom stereocenters. The molecule has 0 fully saturated rings. The molecule has 0 heteroatoms. The van der Waals surface area contributed by atoms with Gasteiger partial charge in [0.1, 0.15) is 0 Å². The molecule has 0 aliphatic rings. The molecule has 0 amide bonds. The van der Waals surface area contributed by atoms with E-state index in [4.69, 9.17) is 0 Å². The van der Waals surface area contributed by atoms with Gasteiger partial charge in [-0.15, -0.1) is 0 Å². The smallest absolute Gasteiger partial charge is 0.0351 e.